The van der Waals surface area contributed by atoms with Crippen LogP contribution in [0.25, 0.3) is 0 Å². The highest BCUT2D eigenvalue weighted by atomic mass is 16.6. The topological polar surface area (TPSA) is 44.8 Å². The quantitative estimate of drug-likeness (QED) is 0.738. The molecule has 0 radical (unpaired) electrons. The number of benzene rings is 1. The number of methoxy groups -OCH3 is 1. The second kappa shape index (κ2) is 6.17. The molecule has 2 atom stereocenters. The minimum absolute atomic E-state index is 0.103. The third-order valence-corrected chi connectivity index (χ3v) is 3.25. The van der Waals surface area contributed by atoms with Crippen LogP contribution in [0.4, 0.5) is 0 Å². The van der Waals surface area contributed by atoms with Crippen LogP contribution in [0.2, 0.25) is 0 Å². The lowest BCUT2D eigenvalue weighted by molar-refractivity contribution is -0.156. The fourth-order valence-corrected chi connectivity index (χ4v) is 2.13. The second-order valence-electron chi connectivity index (χ2n) is 4.88. The third-order valence-electron chi connectivity index (χ3n) is 3.25. The van der Waals surface area contributed by atoms with Crippen LogP contribution in [0.15, 0.2) is 18.2 Å². The van der Waals surface area contributed by atoms with E-state index in [9.17, 15) is 4.79 Å². The number of rotatable bonds is 6. The van der Waals surface area contributed by atoms with Gasteiger partial charge in [-0.2, -0.15) is 0 Å². The lowest BCUT2D eigenvalue weighted by atomic mass is 9.90. The molecule has 4 nitrogen and oxygen atoms in total. The maximum atomic E-state index is 11.5. The average Bonchev–Trinajstić information content (AvgIpc) is 2.37. The van der Waals surface area contributed by atoms with Crippen molar-refractivity contribution >= 4 is 5.78 Å². The van der Waals surface area contributed by atoms with E-state index in [2.05, 4.69) is 6.07 Å². The Hall–Kier alpha value is -1.39. The first kappa shape index (κ1) is 14.0. The first-order valence-corrected chi connectivity index (χ1v) is 6.49. The molecule has 0 amide bonds. The zero-order valence-electron chi connectivity index (χ0n) is 11.6. The number of ether oxygens (including phenoxy) is 3. The number of Topliss-reactive ketones (excluding diaryl/α,β-unsaturated/α-hetero) is 1. The van der Waals surface area contributed by atoms with Crippen molar-refractivity contribution in [2.75, 3.05) is 20.3 Å². The highest BCUT2D eigenvalue weighted by Gasteiger charge is 2.42. The Labute approximate surface area is 113 Å². The molecule has 4 heteroatoms. The Morgan fingerprint density at radius 2 is 2.05 bits per heavy atom. The van der Waals surface area contributed by atoms with E-state index in [0.29, 0.717) is 19.6 Å². The highest BCUT2D eigenvalue weighted by Crippen LogP contribution is 2.28. The molecule has 1 aromatic rings. The van der Waals surface area contributed by atoms with Crippen molar-refractivity contribution in [3.8, 4) is 5.75 Å². The molecule has 1 aliphatic rings. The van der Waals surface area contributed by atoms with Crippen LogP contribution in [0, 0.1) is 13.8 Å². The standard InChI is InChI=1S/C15H20O4/c1-10-4-5-13(11(2)8-10)19-14-9-12(16)15(14)18-7-6-17-3/h4-5,8,14-15H,6-7,9H2,1-3H3. The third kappa shape index (κ3) is 3.33. The molecule has 0 heterocycles. The van der Waals surface area contributed by atoms with Crippen molar-refractivity contribution in [2.24, 2.45) is 0 Å². The fraction of sp³-hybridized carbons (Fsp3) is 0.533. The van der Waals surface area contributed by atoms with E-state index < -0.39 is 6.10 Å². The number of ketones is 1. The van der Waals surface area contributed by atoms with E-state index in [1.165, 1.54) is 5.56 Å². The van der Waals surface area contributed by atoms with Crippen LogP contribution in [-0.2, 0) is 14.3 Å². The maximum absolute atomic E-state index is 11.5. The second-order valence-corrected chi connectivity index (χ2v) is 4.88. The summed E-state index contributed by atoms with van der Waals surface area (Å²) in [5, 5.41) is 0. The van der Waals surface area contributed by atoms with E-state index >= 15 is 0 Å². The van der Waals surface area contributed by atoms with Gasteiger partial charge in [-0.15, -0.1) is 0 Å². The van der Waals surface area contributed by atoms with Crippen molar-refractivity contribution in [2.45, 2.75) is 32.5 Å². The number of hydrogen-bond acceptors (Lipinski definition) is 4. The van der Waals surface area contributed by atoms with Crippen LogP contribution in [0.1, 0.15) is 17.5 Å². The van der Waals surface area contributed by atoms with Gasteiger partial charge in [-0.3, -0.25) is 4.79 Å². The molecular formula is C15H20O4. The predicted molar refractivity (Wildman–Crippen MR) is 71.6 cm³/mol. The molecule has 2 unspecified atom stereocenters. The Morgan fingerprint density at radius 3 is 2.68 bits per heavy atom. The molecule has 0 aliphatic heterocycles. The molecule has 0 bridgehead atoms. The molecule has 1 aromatic carbocycles. The lowest BCUT2D eigenvalue weighted by Crippen LogP contribution is -2.52. The minimum Gasteiger partial charge on any atom is -0.486 e. The molecule has 1 saturated carbocycles. The van der Waals surface area contributed by atoms with Gasteiger partial charge in [-0.1, -0.05) is 17.7 Å². The summed E-state index contributed by atoms with van der Waals surface area (Å²) >= 11 is 0. The van der Waals surface area contributed by atoms with Gasteiger partial charge < -0.3 is 14.2 Å². The maximum Gasteiger partial charge on any atom is 0.169 e. The van der Waals surface area contributed by atoms with Crippen molar-refractivity contribution in [1.82, 2.24) is 0 Å². The Bertz CT molecular complexity index is 455. The summed E-state index contributed by atoms with van der Waals surface area (Å²) in [4.78, 5) is 11.5. The lowest BCUT2D eigenvalue weighted by Gasteiger charge is -2.35. The first-order chi connectivity index (χ1) is 9.11. The Morgan fingerprint density at radius 1 is 1.26 bits per heavy atom. The van der Waals surface area contributed by atoms with Crippen LogP contribution < -0.4 is 4.74 Å². The van der Waals surface area contributed by atoms with Gasteiger partial charge in [0, 0.05) is 13.5 Å². The monoisotopic (exact) mass is 264 g/mol. The largest absolute Gasteiger partial charge is 0.486 e. The van der Waals surface area contributed by atoms with Crippen LogP contribution in [-0.4, -0.2) is 38.3 Å². The number of carbonyl (C=O) groups is 1. The summed E-state index contributed by atoms with van der Waals surface area (Å²) in [5.74, 6) is 0.925. The predicted octanol–water partition coefficient (Wildman–Crippen LogP) is 2.06. The van der Waals surface area contributed by atoms with Gasteiger partial charge in [0.25, 0.3) is 0 Å². The number of hydrogen-bond donors (Lipinski definition) is 0. The molecule has 2 rings (SSSR count). The Balaban J connectivity index is 1.93. The molecule has 104 valence electrons. The van der Waals surface area contributed by atoms with E-state index in [0.717, 1.165) is 11.3 Å². The van der Waals surface area contributed by atoms with E-state index in [-0.39, 0.29) is 11.9 Å². The van der Waals surface area contributed by atoms with Crippen LogP contribution in [0.5, 0.6) is 5.75 Å². The summed E-state index contributed by atoms with van der Waals surface area (Å²) in [6, 6.07) is 6.01. The summed E-state index contributed by atoms with van der Waals surface area (Å²) in [6.45, 7) is 4.95. The zero-order valence-corrected chi connectivity index (χ0v) is 11.6. The molecule has 0 spiro atoms. The van der Waals surface area contributed by atoms with Gasteiger partial charge in [0.15, 0.2) is 11.9 Å². The first-order valence-electron chi connectivity index (χ1n) is 6.49. The molecular weight excluding hydrogens is 244 g/mol. The minimum atomic E-state index is -0.448. The van der Waals surface area contributed by atoms with Crippen LogP contribution >= 0.6 is 0 Å². The van der Waals surface area contributed by atoms with E-state index in [1.807, 2.05) is 26.0 Å². The zero-order chi connectivity index (χ0) is 13.8. The summed E-state index contributed by atoms with van der Waals surface area (Å²) in [5.41, 5.74) is 2.28. The normalized spacial score (nSPS) is 22.2. The average molecular weight is 264 g/mol. The SMILES string of the molecule is COCCOC1C(=O)CC1Oc1ccc(C)cc1C. The van der Waals surface area contributed by atoms with Crippen LogP contribution in [0.3, 0.4) is 0 Å². The van der Waals surface area contributed by atoms with Crippen molar-refractivity contribution in [1.29, 1.82) is 0 Å². The van der Waals surface area contributed by atoms with Crippen molar-refractivity contribution in [3.63, 3.8) is 0 Å². The van der Waals surface area contributed by atoms with Gasteiger partial charge >= 0.3 is 0 Å². The van der Waals surface area contributed by atoms with Crippen molar-refractivity contribution in [3.05, 3.63) is 29.3 Å². The van der Waals surface area contributed by atoms with E-state index in [1.54, 1.807) is 7.11 Å². The Kier molecular flexibility index (Phi) is 4.56. The molecule has 1 aliphatic carbocycles. The van der Waals surface area contributed by atoms with Gasteiger partial charge in [-0.05, 0) is 25.5 Å². The smallest absolute Gasteiger partial charge is 0.169 e. The van der Waals surface area contributed by atoms with Gasteiger partial charge in [0.2, 0.25) is 0 Å². The molecule has 0 saturated heterocycles. The molecule has 19 heavy (non-hydrogen) atoms. The van der Waals surface area contributed by atoms with E-state index in [4.69, 9.17) is 14.2 Å². The molecule has 0 N–H and O–H groups in total. The molecule has 0 aromatic heterocycles. The molecule has 1 fully saturated rings. The summed E-state index contributed by atoms with van der Waals surface area (Å²) in [7, 11) is 1.61. The van der Waals surface area contributed by atoms with Crippen molar-refractivity contribution < 1.29 is 19.0 Å². The summed E-state index contributed by atoms with van der Waals surface area (Å²) in [6.07, 6.45) is -0.202. The highest BCUT2D eigenvalue weighted by molar-refractivity contribution is 5.90. The van der Waals surface area contributed by atoms with Gasteiger partial charge in [0.05, 0.1) is 13.2 Å². The fourth-order valence-electron chi connectivity index (χ4n) is 2.13. The number of aryl methyl sites for hydroxylation is 2. The number of carbonyl (C=O) groups excluding carboxylic acids is 1. The summed E-state index contributed by atoms with van der Waals surface area (Å²) < 4.78 is 16.2. The van der Waals surface area contributed by atoms with Gasteiger partial charge in [-0.25, -0.2) is 0 Å². The van der Waals surface area contributed by atoms with Gasteiger partial charge in [0.1, 0.15) is 11.9 Å².